The van der Waals surface area contributed by atoms with Crippen molar-refractivity contribution in [1.29, 1.82) is 0 Å². The van der Waals surface area contributed by atoms with Crippen LogP contribution in [0.4, 0.5) is 0 Å². The summed E-state index contributed by atoms with van der Waals surface area (Å²) >= 11 is 5.42. The molecule has 4 aliphatic carbocycles. The number of thiocarbonyl (C=S) groups is 1. The molecule has 1 aromatic carbocycles. The van der Waals surface area contributed by atoms with Crippen molar-refractivity contribution in [3.63, 3.8) is 0 Å². The second-order valence-electron chi connectivity index (χ2n) is 10.0. The van der Waals surface area contributed by atoms with Gasteiger partial charge in [-0.1, -0.05) is 32.9 Å². The molecule has 0 aromatic heterocycles. The zero-order valence-corrected chi connectivity index (χ0v) is 18.1. The molecule has 4 bridgehead atoms. The fraction of sp³-hybridized carbons (Fsp3) is 0.667. The molecule has 0 heterocycles. The molecule has 0 saturated heterocycles. The summed E-state index contributed by atoms with van der Waals surface area (Å²) in [6.45, 7) is 6.33. The molecule has 6 heteroatoms. The van der Waals surface area contributed by atoms with Crippen molar-refractivity contribution in [3.8, 4) is 0 Å². The molecule has 2 N–H and O–H groups in total. The van der Waals surface area contributed by atoms with Crippen LogP contribution < -0.4 is 10.0 Å². The highest BCUT2D eigenvalue weighted by Crippen LogP contribution is 2.55. The molecule has 0 amide bonds. The van der Waals surface area contributed by atoms with Gasteiger partial charge in [0.25, 0.3) is 10.0 Å². The molecular weight excluding hydrogens is 376 g/mol. The smallest absolute Gasteiger partial charge is 0.263 e. The molecule has 148 valence electrons. The predicted octanol–water partition coefficient (Wildman–Crippen LogP) is 4.11. The van der Waals surface area contributed by atoms with Crippen molar-refractivity contribution in [2.24, 2.45) is 17.8 Å². The van der Waals surface area contributed by atoms with E-state index in [2.05, 4.69) is 30.8 Å². The van der Waals surface area contributed by atoms with Crippen LogP contribution in [0.3, 0.4) is 0 Å². The molecule has 0 spiro atoms. The Kier molecular flexibility index (Phi) is 4.58. The van der Waals surface area contributed by atoms with Gasteiger partial charge in [0, 0.05) is 5.54 Å². The van der Waals surface area contributed by atoms with Crippen molar-refractivity contribution in [3.05, 3.63) is 29.8 Å². The van der Waals surface area contributed by atoms with Gasteiger partial charge in [0.2, 0.25) is 0 Å². The topological polar surface area (TPSA) is 58.2 Å². The highest BCUT2D eigenvalue weighted by atomic mass is 32.2. The lowest BCUT2D eigenvalue weighted by Crippen LogP contribution is -2.61. The van der Waals surface area contributed by atoms with Gasteiger partial charge >= 0.3 is 0 Å². The molecule has 0 atom stereocenters. The molecule has 0 unspecified atom stereocenters. The third kappa shape index (κ3) is 3.88. The zero-order valence-electron chi connectivity index (χ0n) is 16.4. The second-order valence-corrected chi connectivity index (χ2v) is 12.1. The van der Waals surface area contributed by atoms with Gasteiger partial charge in [0.1, 0.15) is 0 Å². The first-order chi connectivity index (χ1) is 12.5. The summed E-state index contributed by atoms with van der Waals surface area (Å²) < 4.78 is 28.1. The second kappa shape index (κ2) is 6.45. The van der Waals surface area contributed by atoms with Gasteiger partial charge in [-0.05, 0) is 91.6 Å². The summed E-state index contributed by atoms with van der Waals surface area (Å²) in [5.74, 6) is 2.36. The van der Waals surface area contributed by atoms with Crippen LogP contribution in [0.2, 0.25) is 0 Å². The number of rotatable bonds is 3. The normalized spacial score (nSPS) is 32.3. The molecule has 27 heavy (non-hydrogen) atoms. The third-order valence-corrected chi connectivity index (χ3v) is 8.37. The van der Waals surface area contributed by atoms with Crippen LogP contribution in [-0.2, 0) is 15.4 Å². The first kappa shape index (κ1) is 19.2. The lowest BCUT2D eigenvalue weighted by atomic mass is 9.53. The zero-order chi connectivity index (χ0) is 19.4. The Hall–Kier alpha value is -1.14. The average Bonchev–Trinajstić information content (AvgIpc) is 2.51. The summed E-state index contributed by atoms with van der Waals surface area (Å²) in [4.78, 5) is 0.255. The fourth-order valence-electron chi connectivity index (χ4n) is 5.85. The van der Waals surface area contributed by atoms with Crippen LogP contribution >= 0.6 is 12.2 Å². The number of benzene rings is 1. The summed E-state index contributed by atoms with van der Waals surface area (Å²) in [7, 11) is -3.66. The average molecular weight is 407 g/mol. The van der Waals surface area contributed by atoms with E-state index in [0.29, 0.717) is 0 Å². The van der Waals surface area contributed by atoms with E-state index in [4.69, 9.17) is 12.2 Å². The van der Waals surface area contributed by atoms with Gasteiger partial charge in [0.15, 0.2) is 5.11 Å². The van der Waals surface area contributed by atoms with Gasteiger partial charge in [-0.3, -0.25) is 4.72 Å². The molecular formula is C21H30N2O2S2. The maximum absolute atomic E-state index is 12.8. The van der Waals surface area contributed by atoms with Crippen molar-refractivity contribution in [2.45, 2.75) is 75.1 Å². The van der Waals surface area contributed by atoms with E-state index >= 15 is 0 Å². The van der Waals surface area contributed by atoms with E-state index < -0.39 is 10.0 Å². The Morgan fingerprint density at radius 1 is 1.00 bits per heavy atom. The molecule has 4 saturated carbocycles. The van der Waals surface area contributed by atoms with E-state index in [1.807, 2.05) is 12.1 Å². The molecule has 1 aromatic rings. The largest absolute Gasteiger partial charge is 0.356 e. The summed E-state index contributed by atoms with van der Waals surface area (Å²) in [5.41, 5.74) is 1.10. The van der Waals surface area contributed by atoms with Crippen molar-refractivity contribution in [1.82, 2.24) is 10.0 Å². The maximum atomic E-state index is 12.8. The predicted molar refractivity (Wildman–Crippen MR) is 112 cm³/mol. The van der Waals surface area contributed by atoms with E-state index in [9.17, 15) is 8.42 Å². The molecule has 4 aliphatic rings. The molecule has 4 fully saturated rings. The fourth-order valence-corrected chi connectivity index (χ4v) is 7.30. The van der Waals surface area contributed by atoms with Crippen LogP contribution in [0.1, 0.15) is 64.9 Å². The number of nitrogens with one attached hydrogen (secondary N) is 2. The minimum absolute atomic E-state index is 0.00441. The highest BCUT2D eigenvalue weighted by Gasteiger charge is 2.51. The summed E-state index contributed by atoms with van der Waals surface area (Å²) in [6, 6.07) is 7.08. The van der Waals surface area contributed by atoms with Crippen LogP contribution in [-0.4, -0.2) is 19.1 Å². The molecule has 5 rings (SSSR count). The number of hydrogen-bond donors (Lipinski definition) is 2. The van der Waals surface area contributed by atoms with Crippen molar-refractivity contribution >= 4 is 27.4 Å². The molecule has 0 aliphatic heterocycles. The van der Waals surface area contributed by atoms with Gasteiger partial charge in [0.05, 0.1) is 4.90 Å². The minimum atomic E-state index is -3.66. The SMILES string of the molecule is CC(C)(C)c1ccc(S(=O)(=O)NC(=S)NC23CC4CC(CC(C4)C2)C3)cc1. The number of hydrogen-bond acceptors (Lipinski definition) is 3. The van der Waals surface area contributed by atoms with E-state index in [0.717, 1.165) is 42.6 Å². The van der Waals surface area contributed by atoms with E-state index in [1.54, 1.807) is 12.1 Å². The Balaban J connectivity index is 1.44. The van der Waals surface area contributed by atoms with Crippen LogP contribution in [0.15, 0.2) is 29.2 Å². The standard InChI is InChI=1S/C21H30N2O2S2/c1-20(2,3)17-4-6-18(7-5-17)27(24,25)23-19(26)22-21-11-14-8-15(12-21)10-16(9-14)13-21/h4-7,14-16H,8-13H2,1-3H3,(H2,22,23,26). The summed E-state index contributed by atoms with van der Waals surface area (Å²) in [6.07, 6.45) is 7.42. The van der Waals surface area contributed by atoms with Crippen molar-refractivity contribution < 1.29 is 8.42 Å². The van der Waals surface area contributed by atoms with Gasteiger partial charge in [-0.2, -0.15) is 0 Å². The lowest BCUT2D eigenvalue weighted by molar-refractivity contribution is -0.00996. The van der Waals surface area contributed by atoms with Gasteiger partial charge in [-0.25, -0.2) is 8.42 Å². The Labute approximate surface area is 168 Å². The van der Waals surface area contributed by atoms with Crippen molar-refractivity contribution in [2.75, 3.05) is 0 Å². The van der Waals surface area contributed by atoms with Crippen LogP contribution in [0.5, 0.6) is 0 Å². The van der Waals surface area contributed by atoms with Gasteiger partial charge in [-0.15, -0.1) is 0 Å². The quantitative estimate of drug-likeness (QED) is 0.742. The monoisotopic (exact) mass is 406 g/mol. The minimum Gasteiger partial charge on any atom is -0.356 e. The lowest BCUT2D eigenvalue weighted by Gasteiger charge is -2.57. The highest BCUT2D eigenvalue weighted by molar-refractivity contribution is 7.91. The Bertz CT molecular complexity index is 803. The first-order valence-corrected chi connectivity index (χ1v) is 11.9. The van der Waals surface area contributed by atoms with Gasteiger partial charge < -0.3 is 5.32 Å². The van der Waals surface area contributed by atoms with E-state index in [-0.39, 0.29) is 21.0 Å². The third-order valence-electron chi connectivity index (χ3n) is 6.67. The summed E-state index contributed by atoms with van der Waals surface area (Å²) in [5, 5.41) is 3.67. The van der Waals surface area contributed by atoms with Crippen LogP contribution in [0, 0.1) is 17.8 Å². The maximum Gasteiger partial charge on any atom is 0.263 e. The molecule has 4 nitrogen and oxygen atoms in total. The molecule has 0 radical (unpaired) electrons. The Morgan fingerprint density at radius 3 is 1.93 bits per heavy atom. The first-order valence-electron chi connectivity index (χ1n) is 10.0. The van der Waals surface area contributed by atoms with Crippen LogP contribution in [0.25, 0.3) is 0 Å². The van der Waals surface area contributed by atoms with E-state index in [1.165, 1.54) is 19.3 Å². The Morgan fingerprint density at radius 2 is 1.48 bits per heavy atom. The number of sulfonamides is 1.